The predicted octanol–water partition coefficient (Wildman–Crippen LogP) is 5.04. The molecule has 3 aromatic rings. The second-order valence-electron chi connectivity index (χ2n) is 5.69. The molecule has 0 atom stereocenters. The molecule has 152 valence electrons. The van der Waals surface area contributed by atoms with E-state index in [1.807, 2.05) is 0 Å². The number of carbonyl (C=O) groups excluding carboxylic acids is 1. The number of anilines is 1. The second-order valence-corrected chi connectivity index (χ2v) is 8.07. The Morgan fingerprint density at radius 3 is 2.76 bits per heavy atom. The molecule has 0 bridgehead atoms. The predicted molar refractivity (Wildman–Crippen MR) is 109 cm³/mol. The first-order valence-corrected chi connectivity index (χ1v) is 10.2. The smallest absolute Gasteiger partial charge is 0.300 e. The van der Waals surface area contributed by atoms with Crippen LogP contribution in [-0.4, -0.2) is 31.2 Å². The van der Waals surface area contributed by atoms with E-state index in [1.54, 1.807) is 16.0 Å². The molecule has 0 unspecified atom stereocenters. The first-order chi connectivity index (χ1) is 13.7. The quantitative estimate of drug-likeness (QED) is 0.295. The molecule has 2 aromatic heterocycles. The van der Waals surface area contributed by atoms with Gasteiger partial charge in [0, 0.05) is 22.4 Å². The summed E-state index contributed by atoms with van der Waals surface area (Å²) >= 11 is 6.18. The lowest BCUT2D eigenvalue weighted by atomic mass is 10.2. The number of benzene rings is 1. The summed E-state index contributed by atoms with van der Waals surface area (Å²) in [4.78, 5) is 16.7. The van der Waals surface area contributed by atoms with Gasteiger partial charge in [0.2, 0.25) is 0 Å². The van der Waals surface area contributed by atoms with Crippen molar-refractivity contribution in [3.8, 4) is 0 Å². The molecule has 0 radical (unpaired) electrons. The van der Waals surface area contributed by atoms with E-state index in [2.05, 4.69) is 27.1 Å². The van der Waals surface area contributed by atoms with Crippen molar-refractivity contribution in [1.82, 2.24) is 19.7 Å². The Bertz CT molecular complexity index is 1070. The maximum absolute atomic E-state index is 12.4. The van der Waals surface area contributed by atoms with Gasteiger partial charge in [0.25, 0.3) is 5.91 Å². The van der Waals surface area contributed by atoms with Gasteiger partial charge in [-0.2, -0.15) is 18.3 Å². The van der Waals surface area contributed by atoms with Gasteiger partial charge in [0.15, 0.2) is 9.90 Å². The van der Waals surface area contributed by atoms with Crippen LogP contribution in [0.5, 0.6) is 0 Å². The third-order valence-corrected chi connectivity index (χ3v) is 5.47. The van der Waals surface area contributed by atoms with Gasteiger partial charge in [-0.05, 0) is 48.2 Å². The van der Waals surface area contributed by atoms with Gasteiger partial charge in [0.05, 0.1) is 12.1 Å². The summed E-state index contributed by atoms with van der Waals surface area (Å²) in [5, 5.41) is 11.7. The lowest BCUT2D eigenvalue weighted by Gasteiger charge is -2.06. The molecule has 0 aliphatic carbocycles. The number of hydrogen-bond donors (Lipinski definition) is 2. The molecule has 29 heavy (non-hydrogen) atoms. The lowest BCUT2D eigenvalue weighted by molar-refractivity contribution is -0.0328. The molecule has 1 aromatic carbocycles. The van der Waals surface area contributed by atoms with Crippen LogP contribution in [0, 0.1) is 4.77 Å². The van der Waals surface area contributed by atoms with Crippen molar-refractivity contribution in [2.45, 2.75) is 23.4 Å². The van der Waals surface area contributed by atoms with Crippen LogP contribution in [0.25, 0.3) is 0 Å². The highest BCUT2D eigenvalue weighted by molar-refractivity contribution is 8.00. The minimum absolute atomic E-state index is 0.0125. The number of rotatable bonds is 7. The van der Waals surface area contributed by atoms with Crippen LogP contribution < -0.4 is 5.32 Å². The Balaban J connectivity index is 1.65. The van der Waals surface area contributed by atoms with Gasteiger partial charge in [-0.1, -0.05) is 6.08 Å². The van der Waals surface area contributed by atoms with Crippen molar-refractivity contribution in [3.63, 3.8) is 0 Å². The van der Waals surface area contributed by atoms with Gasteiger partial charge in [-0.25, -0.2) is 4.98 Å². The summed E-state index contributed by atoms with van der Waals surface area (Å²) in [6.45, 7) is 4.20. The van der Waals surface area contributed by atoms with Gasteiger partial charge < -0.3 is 0 Å². The fourth-order valence-corrected chi connectivity index (χ4v) is 3.86. The van der Waals surface area contributed by atoms with Crippen LogP contribution in [-0.2, 0) is 13.0 Å². The molecule has 0 spiro atoms. The molecule has 2 heterocycles. The van der Waals surface area contributed by atoms with Gasteiger partial charge in [0.1, 0.15) is 5.82 Å². The molecule has 2 N–H and O–H groups in total. The number of allylic oxidation sites excluding steroid dienone is 1. The molecule has 0 fully saturated rings. The van der Waals surface area contributed by atoms with E-state index in [0.717, 1.165) is 0 Å². The van der Waals surface area contributed by atoms with Crippen molar-refractivity contribution in [3.05, 3.63) is 64.2 Å². The minimum atomic E-state index is -4.37. The summed E-state index contributed by atoms with van der Waals surface area (Å²) < 4.78 is 39.4. The minimum Gasteiger partial charge on any atom is -0.300 e. The fraction of sp³-hybridized carbons (Fsp3) is 0.176. The average molecular weight is 458 g/mol. The van der Waals surface area contributed by atoms with E-state index in [-0.39, 0.29) is 22.2 Å². The first-order valence-electron chi connectivity index (χ1n) is 8.11. The largest absolute Gasteiger partial charge is 0.446 e. The number of nitrogens with zero attached hydrogens (tertiary/aromatic N) is 3. The van der Waals surface area contributed by atoms with Crippen LogP contribution >= 0.6 is 35.3 Å². The lowest BCUT2D eigenvalue weighted by Crippen LogP contribution is -2.12. The summed E-state index contributed by atoms with van der Waals surface area (Å²) in [7, 11) is 0. The molecule has 0 aliphatic heterocycles. The van der Waals surface area contributed by atoms with Crippen molar-refractivity contribution < 1.29 is 18.0 Å². The van der Waals surface area contributed by atoms with Crippen molar-refractivity contribution in [2.24, 2.45) is 0 Å². The zero-order chi connectivity index (χ0) is 21.0. The van der Waals surface area contributed by atoms with Crippen molar-refractivity contribution >= 4 is 46.4 Å². The van der Waals surface area contributed by atoms with Gasteiger partial charge in [-0.3, -0.25) is 19.8 Å². The number of aromatic nitrogens is 4. The van der Waals surface area contributed by atoms with Crippen molar-refractivity contribution in [2.75, 3.05) is 5.32 Å². The van der Waals surface area contributed by atoms with E-state index < -0.39 is 11.4 Å². The van der Waals surface area contributed by atoms with Crippen LogP contribution in [0.4, 0.5) is 18.3 Å². The standard InChI is InChI=1S/C17H14F3N5OS3/c1-2-7-25-13(23-24-16(25)27)8-11-9-28-15(21-11)22-14(26)10-3-5-12(6-4-10)29-17(18,19)20/h2-6,9H,1,7-8H2,(H,24,27)(H,21,22,26). The van der Waals surface area contributed by atoms with Crippen LogP contribution in [0.15, 0.2) is 47.2 Å². The highest BCUT2D eigenvalue weighted by Gasteiger charge is 2.29. The third kappa shape index (κ3) is 5.78. The Labute approximate surface area is 176 Å². The zero-order valence-electron chi connectivity index (χ0n) is 14.7. The number of thiazole rings is 1. The summed E-state index contributed by atoms with van der Waals surface area (Å²) in [6, 6.07) is 5.18. The number of carbonyl (C=O) groups is 1. The average Bonchev–Trinajstić information content (AvgIpc) is 3.23. The highest BCUT2D eigenvalue weighted by Crippen LogP contribution is 2.36. The van der Waals surface area contributed by atoms with E-state index in [4.69, 9.17) is 12.2 Å². The number of halogens is 3. The molecular formula is C17H14F3N5OS3. The van der Waals surface area contributed by atoms with Crippen molar-refractivity contribution in [1.29, 1.82) is 0 Å². The number of H-pyrrole nitrogens is 1. The summed E-state index contributed by atoms with van der Waals surface area (Å²) in [6.07, 6.45) is 2.12. The number of thioether (sulfide) groups is 1. The number of aromatic amines is 1. The van der Waals surface area contributed by atoms with E-state index in [9.17, 15) is 18.0 Å². The number of alkyl halides is 3. The van der Waals surface area contributed by atoms with E-state index in [0.29, 0.717) is 34.4 Å². The number of amides is 1. The monoisotopic (exact) mass is 457 g/mol. The first kappa shape index (κ1) is 21.3. The fourth-order valence-electron chi connectivity index (χ4n) is 2.39. The Kier molecular flexibility index (Phi) is 6.55. The molecule has 3 rings (SSSR count). The molecule has 0 aliphatic rings. The molecule has 12 heteroatoms. The maximum atomic E-state index is 12.4. The second kappa shape index (κ2) is 8.93. The van der Waals surface area contributed by atoms with E-state index >= 15 is 0 Å². The van der Waals surface area contributed by atoms with Gasteiger partial charge >= 0.3 is 5.51 Å². The Morgan fingerprint density at radius 2 is 2.10 bits per heavy atom. The summed E-state index contributed by atoms with van der Waals surface area (Å²) in [5.41, 5.74) is -3.44. The molecule has 6 nitrogen and oxygen atoms in total. The normalized spacial score (nSPS) is 11.4. The molecular weight excluding hydrogens is 443 g/mol. The SMILES string of the molecule is C=CCn1c(Cc2csc(NC(=O)c3ccc(SC(F)(F)F)cc3)n2)n[nH]c1=S. The molecule has 0 saturated heterocycles. The zero-order valence-corrected chi connectivity index (χ0v) is 17.1. The Morgan fingerprint density at radius 1 is 1.38 bits per heavy atom. The third-order valence-electron chi connectivity index (χ3n) is 3.61. The number of hydrogen-bond acceptors (Lipinski definition) is 6. The van der Waals surface area contributed by atoms with Crippen LogP contribution in [0.3, 0.4) is 0 Å². The Hall–Kier alpha value is -2.44. The maximum Gasteiger partial charge on any atom is 0.446 e. The van der Waals surface area contributed by atoms with Crippen LogP contribution in [0.1, 0.15) is 21.9 Å². The molecule has 1 amide bonds. The number of nitrogens with one attached hydrogen (secondary N) is 2. The topological polar surface area (TPSA) is 75.6 Å². The van der Waals surface area contributed by atoms with E-state index in [1.165, 1.54) is 35.6 Å². The highest BCUT2D eigenvalue weighted by atomic mass is 32.2. The van der Waals surface area contributed by atoms with Gasteiger partial charge in [-0.15, -0.1) is 17.9 Å². The molecule has 0 saturated carbocycles. The van der Waals surface area contributed by atoms with Crippen LogP contribution in [0.2, 0.25) is 0 Å². The summed E-state index contributed by atoms with van der Waals surface area (Å²) in [5.74, 6) is 0.236.